The molecule has 3 aliphatic rings. The van der Waals surface area contributed by atoms with Gasteiger partial charge in [0.2, 0.25) is 5.91 Å². The maximum atomic E-state index is 13.4. The van der Waals surface area contributed by atoms with Crippen LogP contribution in [0.25, 0.3) is 0 Å². The minimum atomic E-state index is -0.711. The molecule has 3 aromatic rings. The van der Waals surface area contributed by atoms with Gasteiger partial charge in [-0.3, -0.25) is 14.5 Å². The van der Waals surface area contributed by atoms with Gasteiger partial charge in [-0.1, -0.05) is 6.07 Å². The van der Waals surface area contributed by atoms with E-state index in [9.17, 15) is 14.7 Å². The molecule has 12 heteroatoms. The molecule has 1 aromatic carbocycles. The van der Waals surface area contributed by atoms with Crippen LogP contribution >= 0.6 is 0 Å². The normalized spacial score (nSPS) is 17.9. The molecule has 1 unspecified atom stereocenters. The standard InChI is InChI=1S/C36H49N7O5/c1-24-31-11-14-41(20-27(31)7-8-32(24)47-22-33-25(2)38-23-48-33)21-30(45)19-37-36(46)28-17-34(39-29-9-15-42(16-10-29)26(3)44)40-35(18-28)43-12-5-4-6-13-43/h7-8,17-18,23,29-30,45H,4-6,9-16,19-22H2,1-3H3,(H,37,46)(H,39,40). The molecule has 0 aliphatic carbocycles. The number of amides is 2. The number of pyridine rings is 1. The molecule has 258 valence electrons. The van der Waals surface area contributed by atoms with Crippen LogP contribution in [0, 0.1) is 13.8 Å². The SMILES string of the molecule is CC(=O)N1CCC(Nc2cc(C(=O)NCC(O)CN3CCc4c(ccc(OCc5ocnc5C)c4C)C3)cc(N3CCCCC3)n2)CC1. The number of nitrogens with zero attached hydrogens (tertiary/aromatic N) is 5. The molecular formula is C36H49N7O5. The molecule has 0 spiro atoms. The number of aliphatic hydroxyl groups is 1. The van der Waals surface area contributed by atoms with E-state index in [4.69, 9.17) is 14.1 Å². The fourth-order valence-electron chi connectivity index (χ4n) is 7.03. The Labute approximate surface area is 282 Å². The number of β-amino-alcohol motifs (C(OH)–C–C–N with tert-alkyl or cyclic N) is 1. The monoisotopic (exact) mass is 659 g/mol. The summed E-state index contributed by atoms with van der Waals surface area (Å²) in [6.07, 6.45) is 6.67. The van der Waals surface area contributed by atoms with E-state index in [1.807, 2.05) is 24.0 Å². The Kier molecular flexibility index (Phi) is 10.8. The number of benzene rings is 1. The molecule has 6 rings (SSSR count). The third-order valence-corrected chi connectivity index (χ3v) is 9.93. The molecule has 2 fully saturated rings. The van der Waals surface area contributed by atoms with Crippen LogP contribution in [0.2, 0.25) is 0 Å². The Morgan fingerprint density at radius 2 is 1.88 bits per heavy atom. The first kappa shape index (κ1) is 33.7. The summed E-state index contributed by atoms with van der Waals surface area (Å²) in [4.78, 5) is 40.6. The Morgan fingerprint density at radius 3 is 2.60 bits per heavy atom. The van der Waals surface area contributed by atoms with Gasteiger partial charge in [0, 0.05) is 70.9 Å². The van der Waals surface area contributed by atoms with Crippen molar-refractivity contribution in [1.82, 2.24) is 25.1 Å². The minimum absolute atomic E-state index is 0.106. The number of hydrogen-bond donors (Lipinski definition) is 3. The number of hydrogen-bond acceptors (Lipinski definition) is 10. The largest absolute Gasteiger partial charge is 0.485 e. The lowest BCUT2D eigenvalue weighted by molar-refractivity contribution is -0.129. The van der Waals surface area contributed by atoms with E-state index in [1.54, 1.807) is 13.0 Å². The molecular weight excluding hydrogens is 610 g/mol. The van der Waals surface area contributed by atoms with Crippen molar-refractivity contribution in [2.45, 2.75) is 84.6 Å². The number of piperidine rings is 2. The van der Waals surface area contributed by atoms with E-state index in [1.165, 1.54) is 23.9 Å². The second kappa shape index (κ2) is 15.4. The highest BCUT2D eigenvalue weighted by Crippen LogP contribution is 2.30. The minimum Gasteiger partial charge on any atom is -0.485 e. The Balaban J connectivity index is 1.04. The Bertz CT molecular complexity index is 1580. The van der Waals surface area contributed by atoms with Crippen molar-refractivity contribution in [3.63, 3.8) is 0 Å². The van der Waals surface area contributed by atoms with Crippen LogP contribution in [0.4, 0.5) is 11.6 Å². The topological polar surface area (TPSA) is 136 Å². The van der Waals surface area contributed by atoms with Gasteiger partial charge in [-0.15, -0.1) is 0 Å². The summed E-state index contributed by atoms with van der Waals surface area (Å²) in [5.74, 6) is 2.93. The van der Waals surface area contributed by atoms with Crippen molar-refractivity contribution < 1.29 is 23.8 Å². The van der Waals surface area contributed by atoms with Crippen LogP contribution in [0.15, 0.2) is 35.1 Å². The molecule has 1 atom stereocenters. The Hall–Kier alpha value is -4.16. The smallest absolute Gasteiger partial charge is 0.251 e. The van der Waals surface area contributed by atoms with Crippen molar-refractivity contribution in [1.29, 1.82) is 0 Å². The van der Waals surface area contributed by atoms with E-state index in [0.29, 0.717) is 37.6 Å². The van der Waals surface area contributed by atoms with E-state index < -0.39 is 6.10 Å². The number of carbonyl (C=O) groups is 2. The van der Waals surface area contributed by atoms with Gasteiger partial charge < -0.3 is 34.7 Å². The van der Waals surface area contributed by atoms with E-state index in [0.717, 1.165) is 86.9 Å². The lowest BCUT2D eigenvalue weighted by Crippen LogP contribution is -2.42. The van der Waals surface area contributed by atoms with Gasteiger partial charge in [0.25, 0.3) is 5.91 Å². The molecule has 48 heavy (non-hydrogen) atoms. The van der Waals surface area contributed by atoms with Crippen LogP contribution in [0.3, 0.4) is 0 Å². The van der Waals surface area contributed by atoms with Gasteiger partial charge in [0.1, 0.15) is 24.0 Å². The summed E-state index contributed by atoms with van der Waals surface area (Å²) in [7, 11) is 0. The molecule has 3 N–H and O–H groups in total. The van der Waals surface area contributed by atoms with Crippen molar-refractivity contribution >= 4 is 23.5 Å². The zero-order valence-corrected chi connectivity index (χ0v) is 28.5. The maximum Gasteiger partial charge on any atom is 0.251 e. The Morgan fingerprint density at radius 1 is 1.08 bits per heavy atom. The third kappa shape index (κ3) is 8.27. The fourth-order valence-corrected chi connectivity index (χ4v) is 7.03. The zero-order valence-electron chi connectivity index (χ0n) is 28.5. The van der Waals surface area contributed by atoms with Gasteiger partial charge in [-0.25, -0.2) is 9.97 Å². The van der Waals surface area contributed by atoms with Crippen molar-refractivity contribution in [3.05, 3.63) is 64.4 Å². The van der Waals surface area contributed by atoms with Crippen molar-refractivity contribution in [2.75, 3.05) is 56.0 Å². The van der Waals surface area contributed by atoms with Crippen molar-refractivity contribution in [2.24, 2.45) is 0 Å². The van der Waals surface area contributed by atoms with Crippen molar-refractivity contribution in [3.8, 4) is 5.75 Å². The highest BCUT2D eigenvalue weighted by atomic mass is 16.5. The molecule has 2 amide bonds. The lowest BCUT2D eigenvalue weighted by atomic mass is 9.94. The van der Waals surface area contributed by atoms with Crippen LogP contribution in [-0.4, -0.2) is 94.6 Å². The first-order valence-electron chi connectivity index (χ1n) is 17.3. The predicted octanol–water partition coefficient (Wildman–Crippen LogP) is 3.83. The first-order valence-corrected chi connectivity index (χ1v) is 17.3. The van der Waals surface area contributed by atoms with Crippen LogP contribution < -0.4 is 20.3 Å². The first-order chi connectivity index (χ1) is 23.2. The number of aromatic nitrogens is 2. The number of aliphatic hydroxyl groups excluding tert-OH is 1. The number of rotatable bonds is 11. The molecule has 0 saturated carbocycles. The summed E-state index contributed by atoms with van der Waals surface area (Å²) >= 11 is 0. The van der Waals surface area contributed by atoms with Gasteiger partial charge in [0.05, 0.1) is 11.8 Å². The average Bonchev–Trinajstić information content (AvgIpc) is 3.51. The highest BCUT2D eigenvalue weighted by Gasteiger charge is 2.25. The van der Waals surface area contributed by atoms with Gasteiger partial charge >= 0.3 is 0 Å². The summed E-state index contributed by atoms with van der Waals surface area (Å²) in [6, 6.07) is 7.97. The van der Waals surface area contributed by atoms with Gasteiger partial charge in [-0.05, 0) is 87.3 Å². The molecule has 2 saturated heterocycles. The van der Waals surface area contributed by atoms with Gasteiger partial charge in [0.15, 0.2) is 12.2 Å². The number of oxazole rings is 1. The molecule has 3 aliphatic heterocycles. The van der Waals surface area contributed by atoms with E-state index in [-0.39, 0.29) is 24.4 Å². The second-order valence-corrected chi connectivity index (χ2v) is 13.4. The number of likely N-dealkylation sites (tertiary alicyclic amines) is 1. The molecule has 12 nitrogen and oxygen atoms in total. The van der Waals surface area contributed by atoms with E-state index >= 15 is 0 Å². The fraction of sp³-hybridized carbons (Fsp3) is 0.556. The van der Waals surface area contributed by atoms with E-state index in [2.05, 4.69) is 38.4 Å². The highest BCUT2D eigenvalue weighted by molar-refractivity contribution is 5.95. The third-order valence-electron chi connectivity index (χ3n) is 9.93. The quantitative estimate of drug-likeness (QED) is 0.279. The number of carbonyl (C=O) groups excluding carboxylic acids is 2. The summed E-state index contributed by atoms with van der Waals surface area (Å²) in [5, 5.41) is 17.5. The predicted molar refractivity (Wildman–Crippen MR) is 183 cm³/mol. The molecule has 0 bridgehead atoms. The van der Waals surface area contributed by atoms with Crippen LogP contribution in [0.1, 0.15) is 77.5 Å². The number of ether oxygens (including phenoxy) is 1. The molecule has 0 radical (unpaired) electrons. The second-order valence-electron chi connectivity index (χ2n) is 13.4. The summed E-state index contributed by atoms with van der Waals surface area (Å²) in [5.41, 5.74) is 5.01. The number of fused-ring (bicyclic) bond motifs is 1. The number of nitrogens with one attached hydrogen (secondary N) is 2. The van der Waals surface area contributed by atoms with Crippen LogP contribution in [0.5, 0.6) is 5.75 Å². The number of aryl methyl sites for hydroxylation is 1. The summed E-state index contributed by atoms with van der Waals surface area (Å²) < 4.78 is 11.5. The average molecular weight is 660 g/mol. The number of anilines is 2. The van der Waals surface area contributed by atoms with Gasteiger partial charge in [-0.2, -0.15) is 0 Å². The molecule has 2 aromatic heterocycles. The lowest BCUT2D eigenvalue weighted by Gasteiger charge is -2.33. The summed E-state index contributed by atoms with van der Waals surface area (Å²) in [6.45, 7) is 11.4. The maximum absolute atomic E-state index is 13.4. The zero-order chi connectivity index (χ0) is 33.6. The van der Waals surface area contributed by atoms with Crippen LogP contribution in [-0.2, 0) is 24.4 Å². The molecule has 5 heterocycles.